The first-order valence-corrected chi connectivity index (χ1v) is 5.86. The van der Waals surface area contributed by atoms with Crippen molar-refractivity contribution in [2.45, 2.75) is 27.7 Å². The number of allylic oxidation sites excluding steroid dienone is 4. The molecule has 1 atom stereocenters. The molecule has 0 aromatic carbocycles. The third-order valence-electron chi connectivity index (χ3n) is 2.74. The molecule has 0 aromatic rings. The maximum absolute atomic E-state index is 5.87. The normalized spacial score (nSPS) is 25.4. The smallest absolute Gasteiger partial charge is 0.165 e. The summed E-state index contributed by atoms with van der Waals surface area (Å²) in [5.41, 5.74) is 4.36. The largest absolute Gasteiger partial charge is 0.206 e. The van der Waals surface area contributed by atoms with Gasteiger partial charge in [0.1, 0.15) is 0 Å². The van der Waals surface area contributed by atoms with Crippen LogP contribution in [0.4, 0.5) is 0 Å². The van der Waals surface area contributed by atoms with Gasteiger partial charge in [0, 0.05) is 0 Å². The van der Waals surface area contributed by atoms with E-state index in [9.17, 15) is 0 Å². The third kappa shape index (κ3) is 1.32. The van der Waals surface area contributed by atoms with Crippen LogP contribution in [0.5, 0.6) is 0 Å². The lowest BCUT2D eigenvalue weighted by Gasteiger charge is -2.07. The zero-order valence-electron chi connectivity index (χ0n) is 7.46. The Morgan fingerprint density at radius 3 is 1.91 bits per heavy atom. The average molecular weight is 185 g/mol. The molecule has 0 aromatic heterocycles. The van der Waals surface area contributed by atoms with Gasteiger partial charge in [0.25, 0.3) is 0 Å². The van der Waals surface area contributed by atoms with Crippen molar-refractivity contribution in [2.75, 3.05) is 0 Å². The standard InChI is InChI=1S/C9H13ClSi/c1-5-6(2)8(4)9(11-10)7(5)3/h7H,1-4H3. The molecule has 2 radical (unpaired) electrons. The van der Waals surface area contributed by atoms with Crippen LogP contribution in [0, 0.1) is 5.92 Å². The van der Waals surface area contributed by atoms with Crippen LogP contribution in [-0.2, 0) is 0 Å². The molecule has 0 saturated heterocycles. The summed E-state index contributed by atoms with van der Waals surface area (Å²) in [4.78, 5) is 0. The fraction of sp³-hybridized carbons (Fsp3) is 0.556. The molecule has 0 bridgehead atoms. The first kappa shape index (κ1) is 9.08. The maximum Gasteiger partial charge on any atom is 0.206 e. The van der Waals surface area contributed by atoms with Crippen LogP contribution in [0.1, 0.15) is 27.7 Å². The van der Waals surface area contributed by atoms with Gasteiger partial charge in [-0.3, -0.25) is 0 Å². The molecule has 0 N–H and O–H groups in total. The first-order valence-electron chi connectivity index (χ1n) is 3.84. The van der Waals surface area contributed by atoms with Crippen molar-refractivity contribution in [1.29, 1.82) is 0 Å². The van der Waals surface area contributed by atoms with Crippen LogP contribution < -0.4 is 0 Å². The second kappa shape index (κ2) is 3.16. The van der Waals surface area contributed by atoms with Crippen molar-refractivity contribution in [3.8, 4) is 0 Å². The van der Waals surface area contributed by atoms with Gasteiger partial charge in [-0.1, -0.05) is 23.3 Å². The molecule has 0 heterocycles. The van der Waals surface area contributed by atoms with E-state index in [0.717, 1.165) is 0 Å². The molecule has 1 rings (SSSR count). The van der Waals surface area contributed by atoms with Gasteiger partial charge in [-0.15, -0.1) is 0 Å². The lowest BCUT2D eigenvalue weighted by Crippen LogP contribution is -2.00. The van der Waals surface area contributed by atoms with Crippen molar-refractivity contribution >= 4 is 19.9 Å². The molecular weight excluding hydrogens is 172 g/mol. The Labute approximate surface area is 75.9 Å². The van der Waals surface area contributed by atoms with E-state index < -0.39 is 0 Å². The van der Waals surface area contributed by atoms with E-state index in [1.54, 1.807) is 0 Å². The Hall–Kier alpha value is -0.0131. The molecule has 0 nitrogen and oxygen atoms in total. The molecule has 0 saturated carbocycles. The van der Waals surface area contributed by atoms with Crippen LogP contribution in [0.15, 0.2) is 21.9 Å². The van der Waals surface area contributed by atoms with Crippen LogP contribution >= 0.6 is 11.1 Å². The van der Waals surface area contributed by atoms with Crippen LogP contribution in [0.25, 0.3) is 0 Å². The van der Waals surface area contributed by atoms with Gasteiger partial charge in [0.15, 0.2) is 0 Å². The summed E-state index contributed by atoms with van der Waals surface area (Å²) in [5, 5.41) is 1.43. The van der Waals surface area contributed by atoms with Crippen molar-refractivity contribution in [3.63, 3.8) is 0 Å². The summed E-state index contributed by atoms with van der Waals surface area (Å²) in [6.07, 6.45) is 0. The first-order chi connectivity index (χ1) is 5.09. The summed E-state index contributed by atoms with van der Waals surface area (Å²) < 4.78 is 0. The Morgan fingerprint density at radius 2 is 1.73 bits per heavy atom. The molecule has 0 fully saturated rings. The van der Waals surface area contributed by atoms with Gasteiger partial charge in [0.2, 0.25) is 8.83 Å². The predicted octanol–water partition coefficient (Wildman–Crippen LogP) is 3.10. The Morgan fingerprint density at radius 1 is 1.18 bits per heavy atom. The SMILES string of the molecule is CC1=C(C)C(C)C([Si]Cl)=C1C. The van der Waals surface area contributed by atoms with Crippen molar-refractivity contribution in [2.24, 2.45) is 5.92 Å². The minimum Gasteiger partial charge on any atom is -0.165 e. The fourth-order valence-electron chi connectivity index (χ4n) is 1.52. The Balaban J connectivity index is 3.04. The molecule has 60 valence electrons. The number of rotatable bonds is 1. The second-order valence-corrected chi connectivity index (χ2v) is 4.46. The third-order valence-corrected chi connectivity index (χ3v) is 4.36. The molecule has 0 amide bonds. The summed E-state index contributed by atoms with van der Waals surface area (Å²) in [6.45, 7) is 8.80. The van der Waals surface area contributed by atoms with E-state index in [2.05, 4.69) is 27.7 Å². The highest BCUT2D eigenvalue weighted by Gasteiger charge is 2.22. The van der Waals surface area contributed by atoms with E-state index in [0.29, 0.717) is 14.7 Å². The van der Waals surface area contributed by atoms with Crippen LogP contribution in [0.2, 0.25) is 0 Å². The van der Waals surface area contributed by atoms with Crippen molar-refractivity contribution < 1.29 is 0 Å². The zero-order valence-corrected chi connectivity index (χ0v) is 9.21. The lowest BCUT2D eigenvalue weighted by atomic mass is 10.1. The Bertz CT molecular complexity index is 238. The second-order valence-electron chi connectivity index (χ2n) is 3.16. The average Bonchev–Trinajstić information content (AvgIpc) is 2.17. The zero-order chi connectivity index (χ0) is 8.59. The molecule has 0 spiro atoms. The molecule has 2 heteroatoms. The minimum absolute atomic E-state index is 0.454. The van der Waals surface area contributed by atoms with E-state index >= 15 is 0 Å². The van der Waals surface area contributed by atoms with Gasteiger partial charge in [-0.25, -0.2) is 0 Å². The fourth-order valence-corrected chi connectivity index (χ4v) is 3.14. The number of halogens is 1. The van der Waals surface area contributed by atoms with Gasteiger partial charge in [-0.05, 0) is 32.3 Å². The highest BCUT2D eigenvalue weighted by atomic mass is 35.6. The lowest BCUT2D eigenvalue weighted by molar-refractivity contribution is 0.857. The quantitative estimate of drug-likeness (QED) is 0.434. The van der Waals surface area contributed by atoms with E-state index in [-0.39, 0.29) is 0 Å². The molecule has 0 aliphatic heterocycles. The monoisotopic (exact) mass is 184 g/mol. The molecule has 1 aliphatic carbocycles. The summed E-state index contributed by atoms with van der Waals surface area (Å²) in [6, 6.07) is 0. The number of hydrogen-bond donors (Lipinski definition) is 0. The molecule has 11 heavy (non-hydrogen) atoms. The van der Waals surface area contributed by atoms with Gasteiger partial charge in [0.05, 0.1) is 0 Å². The summed E-state index contributed by atoms with van der Waals surface area (Å²) in [5.74, 6) is 0.589. The van der Waals surface area contributed by atoms with E-state index in [4.69, 9.17) is 11.1 Å². The van der Waals surface area contributed by atoms with Crippen LogP contribution in [0.3, 0.4) is 0 Å². The summed E-state index contributed by atoms with van der Waals surface area (Å²) in [7, 11) is 0.454. The number of hydrogen-bond acceptors (Lipinski definition) is 0. The Kier molecular flexibility index (Phi) is 2.60. The highest BCUT2D eigenvalue weighted by molar-refractivity contribution is 6.98. The molecule has 1 unspecified atom stereocenters. The van der Waals surface area contributed by atoms with Crippen molar-refractivity contribution in [1.82, 2.24) is 0 Å². The highest BCUT2D eigenvalue weighted by Crippen LogP contribution is 2.35. The van der Waals surface area contributed by atoms with Crippen LogP contribution in [-0.4, -0.2) is 8.83 Å². The van der Waals surface area contributed by atoms with E-state index in [1.807, 2.05) is 0 Å². The van der Waals surface area contributed by atoms with E-state index in [1.165, 1.54) is 21.9 Å². The summed E-state index contributed by atoms with van der Waals surface area (Å²) >= 11 is 5.87. The van der Waals surface area contributed by atoms with Gasteiger partial charge in [-0.2, -0.15) is 11.1 Å². The topological polar surface area (TPSA) is 0 Å². The molecular formula is C9H13ClSi. The maximum atomic E-state index is 5.87. The van der Waals surface area contributed by atoms with Crippen molar-refractivity contribution in [3.05, 3.63) is 21.9 Å². The van der Waals surface area contributed by atoms with Gasteiger partial charge < -0.3 is 0 Å². The minimum atomic E-state index is 0.454. The predicted molar refractivity (Wildman–Crippen MR) is 51.8 cm³/mol. The molecule has 1 aliphatic rings. The van der Waals surface area contributed by atoms with Gasteiger partial charge >= 0.3 is 0 Å².